The van der Waals surface area contributed by atoms with E-state index >= 15 is 0 Å². The van der Waals surface area contributed by atoms with Gasteiger partial charge in [-0.1, -0.05) is 41.4 Å². The van der Waals surface area contributed by atoms with Crippen molar-refractivity contribution in [2.24, 2.45) is 5.10 Å². The van der Waals surface area contributed by atoms with Crippen LogP contribution in [0.15, 0.2) is 75.8 Å². The quantitative estimate of drug-likeness (QED) is 0.400. The molecule has 144 valence electrons. The summed E-state index contributed by atoms with van der Waals surface area (Å²) in [7, 11) is 0. The predicted octanol–water partition coefficient (Wildman–Crippen LogP) is 5.70. The number of hydrazone groups is 1. The Kier molecular flexibility index (Phi) is 5.09. The van der Waals surface area contributed by atoms with Crippen molar-refractivity contribution in [3.63, 3.8) is 0 Å². The average Bonchev–Trinajstić information content (AvgIpc) is 3.30. The molecule has 0 N–H and O–H groups in total. The van der Waals surface area contributed by atoms with Crippen LogP contribution in [0.5, 0.6) is 0 Å². The van der Waals surface area contributed by atoms with Crippen LogP contribution in [0.25, 0.3) is 17.4 Å². The first kappa shape index (κ1) is 19.2. The fourth-order valence-electron chi connectivity index (χ4n) is 2.93. The first-order valence-corrected chi connectivity index (χ1v) is 9.46. The number of furan rings is 1. The molecule has 3 aromatic rings. The Hall–Kier alpha value is -3.15. The third-order valence-corrected chi connectivity index (χ3v) is 4.95. The van der Waals surface area contributed by atoms with E-state index in [1.54, 1.807) is 73.7 Å². The van der Waals surface area contributed by atoms with E-state index in [1.165, 1.54) is 0 Å². The van der Waals surface area contributed by atoms with E-state index in [4.69, 9.17) is 27.6 Å². The molecule has 0 radical (unpaired) electrons. The number of imide groups is 1. The zero-order valence-corrected chi connectivity index (χ0v) is 16.7. The van der Waals surface area contributed by atoms with Crippen molar-refractivity contribution in [2.45, 2.75) is 6.92 Å². The molecule has 0 fully saturated rings. The summed E-state index contributed by atoms with van der Waals surface area (Å²) in [4.78, 5) is 25.3. The molecule has 1 aliphatic heterocycles. The van der Waals surface area contributed by atoms with Gasteiger partial charge in [-0.15, -0.1) is 0 Å². The van der Waals surface area contributed by atoms with Crippen molar-refractivity contribution >= 4 is 46.8 Å². The topological polar surface area (TPSA) is 62.9 Å². The molecule has 0 bridgehead atoms. The van der Waals surface area contributed by atoms with E-state index in [9.17, 15) is 9.59 Å². The van der Waals surface area contributed by atoms with E-state index in [0.29, 0.717) is 38.4 Å². The van der Waals surface area contributed by atoms with Gasteiger partial charge in [0.15, 0.2) is 0 Å². The van der Waals surface area contributed by atoms with Gasteiger partial charge in [-0.25, -0.2) is 0 Å². The van der Waals surface area contributed by atoms with Crippen LogP contribution in [0.4, 0.5) is 0 Å². The van der Waals surface area contributed by atoms with Crippen molar-refractivity contribution in [1.29, 1.82) is 0 Å². The highest BCUT2D eigenvalue weighted by Gasteiger charge is 2.33. The van der Waals surface area contributed by atoms with Gasteiger partial charge in [0.1, 0.15) is 11.5 Å². The van der Waals surface area contributed by atoms with E-state index in [-0.39, 0.29) is 5.57 Å². The summed E-state index contributed by atoms with van der Waals surface area (Å²) >= 11 is 12.3. The molecule has 2 heterocycles. The number of hydrogen-bond donors (Lipinski definition) is 0. The first-order chi connectivity index (χ1) is 13.9. The highest BCUT2D eigenvalue weighted by molar-refractivity contribution is 6.35. The minimum Gasteiger partial charge on any atom is -0.457 e. The summed E-state index contributed by atoms with van der Waals surface area (Å²) in [6.07, 6.45) is 1.56. The molecule has 4 rings (SSSR count). The summed E-state index contributed by atoms with van der Waals surface area (Å²) in [5.74, 6) is -0.0381. The van der Waals surface area contributed by atoms with Crippen molar-refractivity contribution < 1.29 is 14.0 Å². The van der Waals surface area contributed by atoms with E-state index in [1.807, 2.05) is 0 Å². The molecule has 1 aliphatic rings. The molecule has 29 heavy (non-hydrogen) atoms. The molecule has 0 unspecified atom stereocenters. The minimum atomic E-state index is -0.505. The van der Waals surface area contributed by atoms with E-state index < -0.39 is 11.8 Å². The number of hydrogen-bond acceptors (Lipinski definition) is 4. The second-order valence-electron chi connectivity index (χ2n) is 6.36. The van der Waals surface area contributed by atoms with Crippen LogP contribution in [0.3, 0.4) is 0 Å². The molecule has 0 atom stereocenters. The number of rotatable bonds is 3. The molecule has 2 amide bonds. The summed E-state index contributed by atoms with van der Waals surface area (Å²) < 4.78 is 5.81. The van der Waals surface area contributed by atoms with Gasteiger partial charge in [0.2, 0.25) is 0 Å². The normalized spacial score (nSPS) is 15.1. The van der Waals surface area contributed by atoms with Crippen LogP contribution in [-0.4, -0.2) is 22.5 Å². The van der Waals surface area contributed by atoms with Gasteiger partial charge in [0, 0.05) is 16.1 Å². The van der Waals surface area contributed by atoms with Gasteiger partial charge in [-0.05, 0) is 55.5 Å². The molecule has 0 saturated heterocycles. The van der Waals surface area contributed by atoms with Crippen molar-refractivity contribution in [2.75, 3.05) is 0 Å². The summed E-state index contributed by atoms with van der Waals surface area (Å²) in [5, 5.41) is 6.02. The second kappa shape index (κ2) is 7.70. The Bertz CT molecular complexity index is 1180. The number of amides is 2. The third-order valence-electron chi connectivity index (χ3n) is 4.38. The van der Waals surface area contributed by atoms with Crippen molar-refractivity contribution in [3.8, 4) is 11.3 Å². The van der Waals surface area contributed by atoms with Crippen molar-refractivity contribution in [1.82, 2.24) is 5.01 Å². The number of benzene rings is 2. The zero-order valence-electron chi connectivity index (χ0n) is 15.2. The zero-order chi connectivity index (χ0) is 20.5. The van der Waals surface area contributed by atoms with Crippen LogP contribution < -0.4 is 0 Å². The number of carbonyl (C=O) groups is 2. The molecule has 5 nitrogen and oxygen atoms in total. The molecule has 1 aromatic heterocycles. The van der Waals surface area contributed by atoms with Gasteiger partial charge >= 0.3 is 0 Å². The first-order valence-electron chi connectivity index (χ1n) is 8.70. The fraction of sp³-hybridized carbons (Fsp3) is 0.0455. The smallest absolute Gasteiger partial charge is 0.283 e. The van der Waals surface area contributed by atoms with E-state index in [0.717, 1.165) is 5.01 Å². The van der Waals surface area contributed by atoms with Crippen LogP contribution in [0, 0.1) is 0 Å². The van der Waals surface area contributed by atoms with Gasteiger partial charge in [0.05, 0.1) is 16.3 Å². The monoisotopic (exact) mass is 424 g/mol. The lowest BCUT2D eigenvalue weighted by atomic mass is 10.1. The summed E-state index contributed by atoms with van der Waals surface area (Å²) in [6, 6.07) is 17.0. The average molecular weight is 425 g/mol. The summed E-state index contributed by atoms with van der Waals surface area (Å²) in [5.41, 5.74) is 1.74. The Labute approximate surface area is 176 Å². The maximum absolute atomic E-state index is 12.8. The van der Waals surface area contributed by atoms with Gasteiger partial charge < -0.3 is 4.42 Å². The van der Waals surface area contributed by atoms with Gasteiger partial charge in [0.25, 0.3) is 11.8 Å². The second-order valence-corrected chi connectivity index (χ2v) is 7.20. The molecule has 0 saturated carbocycles. The SMILES string of the molecule is CC1=NN(C(=O)c2ccccc2)C(=O)/C1=C/c1ccc(-c2cc(Cl)ccc2Cl)o1. The largest absolute Gasteiger partial charge is 0.457 e. The Morgan fingerprint density at radius 1 is 1.07 bits per heavy atom. The standard InChI is InChI=1S/C22H14Cl2N2O3/c1-13-17(22(28)26(25-13)21(27)14-5-3-2-4-6-14)12-16-8-10-20(29-16)18-11-15(23)7-9-19(18)24/h2-12H,1H3/b17-12+. The maximum Gasteiger partial charge on any atom is 0.283 e. The fourth-order valence-corrected chi connectivity index (χ4v) is 3.31. The Morgan fingerprint density at radius 2 is 1.83 bits per heavy atom. The molecule has 7 heteroatoms. The third kappa shape index (κ3) is 3.75. The Balaban J connectivity index is 1.62. The maximum atomic E-state index is 12.8. The van der Waals surface area contributed by atoms with Crippen LogP contribution in [-0.2, 0) is 4.79 Å². The Morgan fingerprint density at radius 3 is 2.59 bits per heavy atom. The van der Waals surface area contributed by atoms with Gasteiger partial charge in [-0.2, -0.15) is 10.1 Å². The lowest BCUT2D eigenvalue weighted by molar-refractivity contribution is -0.123. The molecule has 0 spiro atoms. The van der Waals surface area contributed by atoms with E-state index in [2.05, 4.69) is 5.10 Å². The van der Waals surface area contributed by atoms with Crippen molar-refractivity contribution in [3.05, 3.63) is 87.6 Å². The van der Waals surface area contributed by atoms with Crippen LogP contribution in [0.2, 0.25) is 10.0 Å². The predicted molar refractivity (Wildman–Crippen MR) is 113 cm³/mol. The molecular formula is C22H14Cl2N2O3. The summed E-state index contributed by atoms with van der Waals surface area (Å²) in [6.45, 7) is 1.67. The highest BCUT2D eigenvalue weighted by atomic mass is 35.5. The number of carbonyl (C=O) groups excluding carboxylic acids is 2. The van der Waals surface area contributed by atoms with Gasteiger partial charge in [-0.3, -0.25) is 9.59 Å². The number of nitrogens with zero attached hydrogens (tertiary/aromatic N) is 2. The molecular weight excluding hydrogens is 411 g/mol. The van der Waals surface area contributed by atoms with Crippen LogP contribution in [0.1, 0.15) is 23.0 Å². The minimum absolute atomic E-state index is 0.285. The highest BCUT2D eigenvalue weighted by Crippen LogP contribution is 2.32. The lowest BCUT2D eigenvalue weighted by Gasteiger charge is -2.09. The number of halogens is 2. The molecule has 2 aromatic carbocycles. The van der Waals surface area contributed by atoms with Crippen LogP contribution >= 0.6 is 23.2 Å². The lowest BCUT2D eigenvalue weighted by Crippen LogP contribution is -2.29. The molecule has 0 aliphatic carbocycles.